The van der Waals surface area contributed by atoms with Crippen LogP contribution in [0.1, 0.15) is 34.8 Å². The number of aromatic nitrogens is 3. The Kier molecular flexibility index (Phi) is 7.55. The first-order valence-corrected chi connectivity index (χ1v) is 11.7. The van der Waals surface area contributed by atoms with Crippen LogP contribution in [-0.2, 0) is 17.8 Å². The van der Waals surface area contributed by atoms with Crippen molar-refractivity contribution in [3.8, 4) is 0 Å². The molecule has 10 nitrogen and oxygen atoms in total. The average Bonchev–Trinajstić information content (AvgIpc) is 3.59. The van der Waals surface area contributed by atoms with E-state index >= 15 is 0 Å². The number of hydrogen-bond acceptors (Lipinski definition) is 7. The standard InChI is InChI=1S/C23H26N6O4S/c1-16(2)32-11-8-25-22(31)29(15-18-4-3-10-33-18)23-27-13-19(34-23)21(30)26-12-17-5-6-20-24-7-9-28(20)14-17/h3-7,9-10,13-14,16H,8,11-12,15H2,1-2H3,(H,25,31)(H,26,30). The second-order valence-electron chi connectivity index (χ2n) is 7.74. The summed E-state index contributed by atoms with van der Waals surface area (Å²) >= 11 is 1.14. The van der Waals surface area contributed by atoms with Crippen LogP contribution in [0, 0.1) is 0 Å². The van der Waals surface area contributed by atoms with Crippen molar-refractivity contribution in [2.24, 2.45) is 0 Å². The van der Waals surface area contributed by atoms with E-state index in [2.05, 4.69) is 20.6 Å². The Hall–Kier alpha value is -3.70. The third-order valence-electron chi connectivity index (χ3n) is 4.82. The Morgan fingerprint density at radius 1 is 1.24 bits per heavy atom. The summed E-state index contributed by atoms with van der Waals surface area (Å²) in [6, 6.07) is 6.99. The molecule has 4 aromatic heterocycles. The first-order valence-electron chi connectivity index (χ1n) is 10.8. The van der Waals surface area contributed by atoms with Crippen LogP contribution in [0.25, 0.3) is 5.65 Å². The fraction of sp³-hybridized carbons (Fsp3) is 0.304. The van der Waals surface area contributed by atoms with Crippen LogP contribution in [-0.4, -0.2) is 45.6 Å². The zero-order chi connectivity index (χ0) is 23.9. The van der Waals surface area contributed by atoms with E-state index in [1.165, 1.54) is 11.1 Å². The number of carbonyl (C=O) groups excluding carboxylic acids is 2. The summed E-state index contributed by atoms with van der Waals surface area (Å²) in [6.07, 6.45) is 8.59. The summed E-state index contributed by atoms with van der Waals surface area (Å²) in [6.45, 7) is 5.16. The molecular weight excluding hydrogens is 456 g/mol. The number of thiazole rings is 1. The number of urea groups is 1. The number of fused-ring (bicyclic) bond motifs is 1. The second kappa shape index (κ2) is 10.9. The van der Waals surface area contributed by atoms with E-state index in [9.17, 15) is 9.59 Å². The second-order valence-corrected chi connectivity index (χ2v) is 8.75. The largest absolute Gasteiger partial charge is 0.467 e. The quantitative estimate of drug-likeness (QED) is 0.335. The molecular formula is C23H26N6O4S. The number of hydrogen-bond donors (Lipinski definition) is 2. The van der Waals surface area contributed by atoms with Gasteiger partial charge in [-0.1, -0.05) is 17.4 Å². The monoisotopic (exact) mass is 482 g/mol. The molecule has 0 aliphatic heterocycles. The average molecular weight is 483 g/mol. The molecule has 4 heterocycles. The van der Waals surface area contributed by atoms with Gasteiger partial charge in [0.2, 0.25) is 0 Å². The molecule has 0 unspecified atom stereocenters. The minimum Gasteiger partial charge on any atom is -0.467 e. The molecule has 2 N–H and O–H groups in total. The van der Waals surface area contributed by atoms with E-state index in [0.29, 0.717) is 35.5 Å². The van der Waals surface area contributed by atoms with Crippen LogP contribution in [0.4, 0.5) is 9.93 Å². The van der Waals surface area contributed by atoms with Gasteiger partial charge in [-0.2, -0.15) is 0 Å². The van der Waals surface area contributed by atoms with Crippen LogP contribution in [0.2, 0.25) is 0 Å². The van der Waals surface area contributed by atoms with E-state index in [1.54, 1.807) is 24.6 Å². The molecule has 0 fully saturated rings. The van der Waals surface area contributed by atoms with Gasteiger partial charge in [0, 0.05) is 31.7 Å². The normalized spacial score (nSPS) is 11.1. The van der Waals surface area contributed by atoms with Crippen LogP contribution in [0.15, 0.2) is 59.7 Å². The molecule has 0 aliphatic rings. The Bertz CT molecular complexity index is 1230. The van der Waals surface area contributed by atoms with Crippen molar-refractivity contribution < 1.29 is 18.7 Å². The van der Waals surface area contributed by atoms with Gasteiger partial charge in [-0.25, -0.2) is 14.8 Å². The number of furan rings is 1. The van der Waals surface area contributed by atoms with Crippen molar-refractivity contribution in [1.29, 1.82) is 0 Å². The maximum absolute atomic E-state index is 12.9. The molecule has 0 saturated heterocycles. The number of anilines is 1. The summed E-state index contributed by atoms with van der Waals surface area (Å²) in [5.74, 6) is 0.336. The summed E-state index contributed by atoms with van der Waals surface area (Å²) in [5, 5.41) is 6.11. The highest BCUT2D eigenvalue weighted by molar-refractivity contribution is 7.17. The highest BCUT2D eigenvalue weighted by Gasteiger charge is 2.22. The van der Waals surface area contributed by atoms with Crippen LogP contribution in [0.3, 0.4) is 0 Å². The SMILES string of the molecule is CC(C)OCCNC(=O)N(Cc1ccco1)c1ncc(C(=O)NCc2ccc3nccn3c2)s1. The highest BCUT2D eigenvalue weighted by atomic mass is 32.1. The number of nitrogens with one attached hydrogen (secondary N) is 2. The minimum atomic E-state index is -0.348. The first-order chi connectivity index (χ1) is 16.5. The van der Waals surface area contributed by atoms with E-state index in [0.717, 1.165) is 22.5 Å². The third kappa shape index (κ3) is 6.00. The predicted molar refractivity (Wildman–Crippen MR) is 128 cm³/mol. The number of pyridine rings is 1. The zero-order valence-electron chi connectivity index (χ0n) is 18.9. The Morgan fingerprint density at radius 2 is 2.12 bits per heavy atom. The summed E-state index contributed by atoms with van der Waals surface area (Å²) in [7, 11) is 0. The van der Waals surface area contributed by atoms with Crippen molar-refractivity contribution in [1.82, 2.24) is 25.0 Å². The van der Waals surface area contributed by atoms with E-state index in [-0.39, 0.29) is 24.6 Å². The third-order valence-corrected chi connectivity index (χ3v) is 5.84. The summed E-state index contributed by atoms with van der Waals surface area (Å²) in [4.78, 5) is 36.0. The van der Waals surface area contributed by atoms with Crippen LogP contribution < -0.4 is 15.5 Å². The summed E-state index contributed by atoms with van der Waals surface area (Å²) < 4.78 is 12.8. The van der Waals surface area contributed by atoms with Crippen molar-refractivity contribution in [2.45, 2.75) is 33.0 Å². The van der Waals surface area contributed by atoms with Gasteiger partial charge in [0.25, 0.3) is 5.91 Å². The molecule has 0 aliphatic carbocycles. The fourth-order valence-electron chi connectivity index (χ4n) is 3.17. The molecule has 0 radical (unpaired) electrons. The van der Waals surface area contributed by atoms with Crippen molar-refractivity contribution in [3.05, 3.63) is 71.5 Å². The molecule has 3 amide bonds. The number of imidazole rings is 1. The molecule has 0 saturated carbocycles. The Balaban J connectivity index is 1.40. The molecule has 11 heteroatoms. The van der Waals surface area contributed by atoms with Gasteiger partial charge in [-0.05, 0) is 37.6 Å². The van der Waals surface area contributed by atoms with Gasteiger partial charge < -0.3 is 24.2 Å². The number of carbonyl (C=O) groups is 2. The maximum atomic E-state index is 12.9. The van der Waals surface area contributed by atoms with Gasteiger partial charge in [0.15, 0.2) is 5.13 Å². The van der Waals surface area contributed by atoms with Gasteiger partial charge >= 0.3 is 6.03 Å². The number of rotatable bonds is 10. The lowest BCUT2D eigenvalue weighted by Crippen LogP contribution is -2.41. The van der Waals surface area contributed by atoms with Crippen molar-refractivity contribution >= 4 is 34.1 Å². The van der Waals surface area contributed by atoms with E-state index < -0.39 is 0 Å². The van der Waals surface area contributed by atoms with Crippen molar-refractivity contribution in [3.63, 3.8) is 0 Å². The Morgan fingerprint density at radius 3 is 2.91 bits per heavy atom. The van der Waals surface area contributed by atoms with Crippen LogP contribution in [0.5, 0.6) is 0 Å². The lowest BCUT2D eigenvalue weighted by atomic mass is 10.3. The Labute approximate surface area is 200 Å². The van der Waals surface area contributed by atoms with Crippen LogP contribution >= 0.6 is 11.3 Å². The lowest BCUT2D eigenvalue weighted by Gasteiger charge is -2.19. The molecule has 178 valence electrons. The van der Waals surface area contributed by atoms with E-state index in [4.69, 9.17) is 9.15 Å². The predicted octanol–water partition coefficient (Wildman–Crippen LogP) is 3.46. The van der Waals surface area contributed by atoms with Gasteiger partial charge in [0.1, 0.15) is 16.3 Å². The number of ether oxygens (including phenoxy) is 1. The van der Waals surface area contributed by atoms with Gasteiger partial charge in [-0.3, -0.25) is 9.69 Å². The molecule has 0 bridgehead atoms. The number of nitrogens with zero attached hydrogens (tertiary/aromatic N) is 4. The molecule has 4 rings (SSSR count). The minimum absolute atomic E-state index is 0.0815. The molecule has 0 atom stereocenters. The molecule has 4 aromatic rings. The highest BCUT2D eigenvalue weighted by Crippen LogP contribution is 2.24. The summed E-state index contributed by atoms with van der Waals surface area (Å²) in [5.41, 5.74) is 1.78. The maximum Gasteiger partial charge on any atom is 0.324 e. The number of amides is 3. The first kappa shape index (κ1) is 23.5. The zero-order valence-corrected chi connectivity index (χ0v) is 19.7. The molecule has 0 aromatic carbocycles. The molecule has 0 spiro atoms. The lowest BCUT2D eigenvalue weighted by molar-refractivity contribution is 0.0819. The smallest absolute Gasteiger partial charge is 0.324 e. The van der Waals surface area contributed by atoms with Gasteiger partial charge in [0.05, 0.1) is 31.7 Å². The van der Waals surface area contributed by atoms with Gasteiger partial charge in [-0.15, -0.1) is 0 Å². The van der Waals surface area contributed by atoms with E-state index in [1.807, 2.05) is 42.8 Å². The fourth-order valence-corrected chi connectivity index (χ4v) is 4.00. The molecule has 34 heavy (non-hydrogen) atoms. The van der Waals surface area contributed by atoms with Crippen molar-refractivity contribution in [2.75, 3.05) is 18.1 Å². The topological polar surface area (TPSA) is 114 Å².